The molecule has 0 aliphatic carbocycles. The lowest BCUT2D eigenvalue weighted by molar-refractivity contribution is 0.154. The maximum atomic E-state index is 6.13. The fourth-order valence-electron chi connectivity index (χ4n) is 1.83. The molecular weight excluding hydrogens is 212 g/mol. The highest BCUT2D eigenvalue weighted by molar-refractivity contribution is 5.54. The SMILES string of the molecule is CCOCCN(C)c1ccccc1[C@@H](N)CC. The molecule has 0 aliphatic heterocycles. The van der Waals surface area contributed by atoms with E-state index in [1.807, 2.05) is 13.0 Å². The number of nitrogens with two attached hydrogens (primary N) is 1. The topological polar surface area (TPSA) is 38.5 Å². The molecule has 17 heavy (non-hydrogen) atoms. The third kappa shape index (κ3) is 4.02. The molecule has 3 heteroatoms. The molecule has 1 rings (SSSR count). The highest BCUT2D eigenvalue weighted by Crippen LogP contribution is 2.25. The van der Waals surface area contributed by atoms with Gasteiger partial charge in [0, 0.05) is 31.9 Å². The van der Waals surface area contributed by atoms with Crippen molar-refractivity contribution in [2.75, 3.05) is 31.7 Å². The van der Waals surface area contributed by atoms with Crippen LogP contribution < -0.4 is 10.6 Å². The Kier molecular flexibility index (Phi) is 6.01. The van der Waals surface area contributed by atoms with Crippen molar-refractivity contribution < 1.29 is 4.74 Å². The van der Waals surface area contributed by atoms with Gasteiger partial charge in [-0.3, -0.25) is 0 Å². The molecule has 0 heterocycles. The monoisotopic (exact) mass is 236 g/mol. The number of likely N-dealkylation sites (N-methyl/N-ethyl adjacent to an activating group) is 1. The summed E-state index contributed by atoms with van der Waals surface area (Å²) in [4.78, 5) is 2.21. The molecule has 1 atom stereocenters. The first-order valence-electron chi connectivity index (χ1n) is 6.34. The minimum atomic E-state index is 0.112. The van der Waals surface area contributed by atoms with Gasteiger partial charge in [-0.05, 0) is 25.0 Å². The Labute approximate surface area is 105 Å². The summed E-state index contributed by atoms with van der Waals surface area (Å²) < 4.78 is 5.38. The van der Waals surface area contributed by atoms with Crippen molar-refractivity contribution in [1.82, 2.24) is 0 Å². The van der Waals surface area contributed by atoms with Gasteiger partial charge in [0.2, 0.25) is 0 Å². The summed E-state index contributed by atoms with van der Waals surface area (Å²) in [6.45, 7) is 6.54. The van der Waals surface area contributed by atoms with E-state index in [1.165, 1.54) is 11.3 Å². The lowest BCUT2D eigenvalue weighted by Crippen LogP contribution is -2.25. The van der Waals surface area contributed by atoms with Gasteiger partial charge in [0.05, 0.1) is 6.61 Å². The average Bonchev–Trinajstić information content (AvgIpc) is 2.38. The molecule has 1 aromatic carbocycles. The molecule has 0 fully saturated rings. The zero-order valence-corrected chi connectivity index (χ0v) is 11.1. The van der Waals surface area contributed by atoms with Gasteiger partial charge in [-0.15, -0.1) is 0 Å². The van der Waals surface area contributed by atoms with Crippen LogP contribution in [0.4, 0.5) is 5.69 Å². The molecule has 0 saturated carbocycles. The Balaban J connectivity index is 2.74. The summed E-state index contributed by atoms with van der Waals surface area (Å²) >= 11 is 0. The molecule has 0 amide bonds. The van der Waals surface area contributed by atoms with E-state index >= 15 is 0 Å². The summed E-state index contributed by atoms with van der Waals surface area (Å²) in [5, 5.41) is 0. The van der Waals surface area contributed by atoms with Crippen LogP contribution in [0, 0.1) is 0 Å². The van der Waals surface area contributed by atoms with Crippen LogP contribution in [0.5, 0.6) is 0 Å². The zero-order valence-electron chi connectivity index (χ0n) is 11.1. The maximum Gasteiger partial charge on any atom is 0.0641 e. The number of nitrogens with zero attached hydrogens (tertiary/aromatic N) is 1. The standard InChI is InChI=1S/C14H24N2O/c1-4-13(15)12-8-6-7-9-14(12)16(3)10-11-17-5-2/h6-9,13H,4-5,10-11,15H2,1-3H3/t13-/m0/s1. The van der Waals surface area contributed by atoms with Crippen molar-refractivity contribution in [3.63, 3.8) is 0 Å². The molecule has 0 radical (unpaired) electrons. The minimum Gasteiger partial charge on any atom is -0.380 e. The first-order chi connectivity index (χ1) is 8.20. The van der Waals surface area contributed by atoms with E-state index in [0.717, 1.165) is 26.2 Å². The second-order valence-electron chi connectivity index (χ2n) is 4.19. The fourth-order valence-corrected chi connectivity index (χ4v) is 1.83. The lowest BCUT2D eigenvalue weighted by Gasteiger charge is -2.24. The van der Waals surface area contributed by atoms with Gasteiger partial charge in [-0.2, -0.15) is 0 Å². The van der Waals surface area contributed by atoms with E-state index in [1.54, 1.807) is 0 Å². The average molecular weight is 236 g/mol. The molecule has 0 unspecified atom stereocenters. The van der Waals surface area contributed by atoms with Crippen molar-refractivity contribution in [3.8, 4) is 0 Å². The third-order valence-electron chi connectivity index (χ3n) is 2.96. The summed E-state index contributed by atoms with van der Waals surface area (Å²) in [5.41, 5.74) is 8.56. The molecule has 1 aromatic rings. The van der Waals surface area contributed by atoms with E-state index in [9.17, 15) is 0 Å². The van der Waals surface area contributed by atoms with Gasteiger partial charge in [0.1, 0.15) is 0 Å². The molecule has 0 spiro atoms. The van der Waals surface area contributed by atoms with E-state index < -0.39 is 0 Å². The predicted molar refractivity (Wildman–Crippen MR) is 73.4 cm³/mol. The first kappa shape index (κ1) is 14.0. The smallest absolute Gasteiger partial charge is 0.0641 e. The largest absolute Gasteiger partial charge is 0.380 e. The van der Waals surface area contributed by atoms with E-state index in [4.69, 9.17) is 10.5 Å². The predicted octanol–water partition coefficient (Wildman–Crippen LogP) is 2.57. The Hall–Kier alpha value is -1.06. The minimum absolute atomic E-state index is 0.112. The van der Waals surface area contributed by atoms with Crippen LogP contribution in [0.1, 0.15) is 31.9 Å². The number of anilines is 1. The van der Waals surface area contributed by atoms with Gasteiger partial charge >= 0.3 is 0 Å². The molecule has 3 nitrogen and oxygen atoms in total. The Bertz CT molecular complexity index is 328. The quantitative estimate of drug-likeness (QED) is 0.739. The number of hydrogen-bond acceptors (Lipinski definition) is 3. The van der Waals surface area contributed by atoms with Gasteiger partial charge < -0.3 is 15.4 Å². The van der Waals surface area contributed by atoms with Gasteiger partial charge in [0.25, 0.3) is 0 Å². The zero-order chi connectivity index (χ0) is 12.7. The van der Waals surface area contributed by atoms with Crippen LogP contribution in [0.3, 0.4) is 0 Å². The van der Waals surface area contributed by atoms with Crippen LogP contribution >= 0.6 is 0 Å². The van der Waals surface area contributed by atoms with Crippen LogP contribution in [0.2, 0.25) is 0 Å². The van der Waals surface area contributed by atoms with Gasteiger partial charge in [0.15, 0.2) is 0 Å². The van der Waals surface area contributed by atoms with Gasteiger partial charge in [-0.1, -0.05) is 25.1 Å². The number of rotatable bonds is 7. The Morgan fingerprint density at radius 3 is 2.65 bits per heavy atom. The van der Waals surface area contributed by atoms with Crippen molar-refractivity contribution in [3.05, 3.63) is 29.8 Å². The maximum absolute atomic E-state index is 6.13. The summed E-state index contributed by atoms with van der Waals surface area (Å²) in [7, 11) is 2.08. The number of benzene rings is 1. The van der Waals surface area contributed by atoms with Gasteiger partial charge in [-0.25, -0.2) is 0 Å². The molecule has 0 aromatic heterocycles. The first-order valence-corrected chi connectivity index (χ1v) is 6.34. The van der Waals surface area contributed by atoms with Crippen LogP contribution in [0.25, 0.3) is 0 Å². The third-order valence-corrected chi connectivity index (χ3v) is 2.96. The summed E-state index contributed by atoms with van der Waals surface area (Å²) in [6, 6.07) is 8.45. The Morgan fingerprint density at radius 2 is 2.00 bits per heavy atom. The van der Waals surface area contributed by atoms with E-state index in [-0.39, 0.29) is 6.04 Å². The highest BCUT2D eigenvalue weighted by atomic mass is 16.5. The van der Waals surface area contributed by atoms with E-state index in [2.05, 4.69) is 37.1 Å². The van der Waals surface area contributed by atoms with E-state index in [0.29, 0.717) is 0 Å². The summed E-state index contributed by atoms with van der Waals surface area (Å²) in [5.74, 6) is 0. The molecule has 0 aliphatic rings. The lowest BCUT2D eigenvalue weighted by atomic mass is 10.0. The fraction of sp³-hybridized carbons (Fsp3) is 0.571. The summed E-state index contributed by atoms with van der Waals surface area (Å²) in [6.07, 6.45) is 0.955. The normalized spacial score (nSPS) is 12.5. The van der Waals surface area contributed by atoms with Crippen molar-refractivity contribution in [2.24, 2.45) is 5.73 Å². The molecule has 0 bridgehead atoms. The second kappa shape index (κ2) is 7.30. The van der Waals surface area contributed by atoms with Crippen LogP contribution in [0.15, 0.2) is 24.3 Å². The Morgan fingerprint density at radius 1 is 1.29 bits per heavy atom. The number of hydrogen-bond donors (Lipinski definition) is 1. The van der Waals surface area contributed by atoms with Crippen LogP contribution in [-0.4, -0.2) is 26.8 Å². The molecule has 96 valence electrons. The second-order valence-corrected chi connectivity index (χ2v) is 4.19. The molecule has 2 N–H and O–H groups in total. The number of ether oxygens (including phenoxy) is 1. The molecular formula is C14H24N2O. The van der Waals surface area contributed by atoms with Crippen molar-refractivity contribution in [2.45, 2.75) is 26.3 Å². The van der Waals surface area contributed by atoms with Crippen molar-refractivity contribution >= 4 is 5.69 Å². The van der Waals surface area contributed by atoms with Crippen molar-refractivity contribution in [1.29, 1.82) is 0 Å². The highest BCUT2D eigenvalue weighted by Gasteiger charge is 2.11. The van der Waals surface area contributed by atoms with Crippen LogP contribution in [-0.2, 0) is 4.74 Å². The molecule has 0 saturated heterocycles. The number of para-hydroxylation sites is 1.